The second-order valence-electron chi connectivity index (χ2n) is 6.49. The van der Waals surface area contributed by atoms with Crippen LogP contribution in [0.25, 0.3) is 10.9 Å². The van der Waals surface area contributed by atoms with Gasteiger partial charge in [0.1, 0.15) is 0 Å². The summed E-state index contributed by atoms with van der Waals surface area (Å²) in [7, 11) is 2.09. The summed E-state index contributed by atoms with van der Waals surface area (Å²) in [6.07, 6.45) is 4.43. The molecule has 2 N–H and O–H groups in total. The van der Waals surface area contributed by atoms with Gasteiger partial charge in [0.05, 0.1) is 16.8 Å². The first-order valence-electron chi connectivity index (χ1n) is 8.16. The van der Waals surface area contributed by atoms with E-state index in [0.29, 0.717) is 5.56 Å². The van der Waals surface area contributed by atoms with Crippen molar-refractivity contribution in [2.75, 3.05) is 18.9 Å². The van der Waals surface area contributed by atoms with E-state index in [-0.39, 0.29) is 5.91 Å². The van der Waals surface area contributed by atoms with E-state index in [1.807, 2.05) is 31.3 Å². The number of benzene rings is 1. The molecule has 0 saturated carbocycles. The van der Waals surface area contributed by atoms with Crippen molar-refractivity contribution in [2.24, 2.45) is 0 Å². The molecule has 3 aromatic rings. The Hall–Kier alpha value is -2.66. The second-order valence-corrected chi connectivity index (χ2v) is 6.49. The summed E-state index contributed by atoms with van der Waals surface area (Å²) in [4.78, 5) is 22.7. The number of amides is 1. The number of likely N-dealkylation sites (N-methyl/N-ethyl adjacent to an activating group) is 1. The van der Waals surface area contributed by atoms with Gasteiger partial charge in [0, 0.05) is 36.6 Å². The fourth-order valence-corrected chi connectivity index (χ4v) is 3.42. The molecule has 0 unspecified atom stereocenters. The summed E-state index contributed by atoms with van der Waals surface area (Å²) < 4.78 is 0. The van der Waals surface area contributed by atoms with Crippen LogP contribution in [-0.2, 0) is 13.0 Å². The first kappa shape index (κ1) is 14.9. The van der Waals surface area contributed by atoms with Crippen LogP contribution < -0.4 is 5.32 Å². The Morgan fingerprint density at radius 1 is 1.33 bits per heavy atom. The van der Waals surface area contributed by atoms with E-state index < -0.39 is 0 Å². The van der Waals surface area contributed by atoms with E-state index >= 15 is 0 Å². The Bertz CT molecular complexity index is 928. The standard InChI is InChI=1S/C19H20N4O/c1-12-8-13-4-3-5-17(18(13)21-12)22-19(24)16-10-20-9-14-11-23(2)7-6-15(14)16/h3-5,8-10,21H,6-7,11H2,1-2H3,(H,22,24). The third kappa shape index (κ3) is 2.57. The molecule has 4 rings (SSSR count). The van der Waals surface area contributed by atoms with E-state index in [2.05, 4.69) is 33.3 Å². The number of hydrogen-bond acceptors (Lipinski definition) is 3. The first-order valence-corrected chi connectivity index (χ1v) is 8.16. The zero-order valence-corrected chi connectivity index (χ0v) is 13.9. The van der Waals surface area contributed by atoms with E-state index in [0.717, 1.165) is 52.9 Å². The van der Waals surface area contributed by atoms with Crippen molar-refractivity contribution in [3.63, 3.8) is 0 Å². The third-order valence-corrected chi connectivity index (χ3v) is 4.61. The number of anilines is 1. The van der Waals surface area contributed by atoms with E-state index in [1.165, 1.54) is 0 Å². The van der Waals surface area contributed by atoms with Gasteiger partial charge in [0.2, 0.25) is 0 Å². The number of hydrogen-bond donors (Lipinski definition) is 2. The topological polar surface area (TPSA) is 61.0 Å². The Labute approximate surface area is 140 Å². The smallest absolute Gasteiger partial charge is 0.257 e. The molecule has 0 spiro atoms. The fraction of sp³-hybridized carbons (Fsp3) is 0.263. The maximum absolute atomic E-state index is 12.8. The lowest BCUT2D eigenvalue weighted by Gasteiger charge is -2.26. The molecule has 1 aromatic carbocycles. The highest BCUT2D eigenvalue weighted by Gasteiger charge is 2.21. The largest absolute Gasteiger partial charge is 0.357 e. The van der Waals surface area contributed by atoms with Crippen molar-refractivity contribution in [3.8, 4) is 0 Å². The van der Waals surface area contributed by atoms with Gasteiger partial charge in [-0.25, -0.2) is 0 Å². The summed E-state index contributed by atoms with van der Waals surface area (Å²) in [6, 6.07) is 7.99. The van der Waals surface area contributed by atoms with Gasteiger partial charge in [-0.3, -0.25) is 9.78 Å². The molecule has 122 valence electrons. The molecule has 1 amide bonds. The Morgan fingerprint density at radius 3 is 3.08 bits per heavy atom. The third-order valence-electron chi connectivity index (χ3n) is 4.61. The molecular weight excluding hydrogens is 300 g/mol. The minimum absolute atomic E-state index is 0.0938. The van der Waals surface area contributed by atoms with Crippen LogP contribution >= 0.6 is 0 Å². The number of nitrogens with one attached hydrogen (secondary N) is 2. The molecule has 3 heterocycles. The lowest BCUT2D eigenvalue weighted by molar-refractivity contribution is 0.102. The van der Waals surface area contributed by atoms with Crippen LogP contribution in [0.5, 0.6) is 0 Å². The molecule has 24 heavy (non-hydrogen) atoms. The quantitative estimate of drug-likeness (QED) is 0.763. The van der Waals surface area contributed by atoms with E-state index in [4.69, 9.17) is 0 Å². The number of pyridine rings is 1. The van der Waals surface area contributed by atoms with Gasteiger partial charge in [-0.1, -0.05) is 12.1 Å². The molecule has 0 aliphatic carbocycles. The molecule has 5 heteroatoms. The lowest BCUT2D eigenvalue weighted by atomic mass is 9.97. The van der Waals surface area contributed by atoms with Gasteiger partial charge in [-0.2, -0.15) is 0 Å². The monoisotopic (exact) mass is 320 g/mol. The van der Waals surface area contributed by atoms with Crippen molar-refractivity contribution >= 4 is 22.5 Å². The molecule has 0 fully saturated rings. The van der Waals surface area contributed by atoms with Crippen molar-refractivity contribution in [2.45, 2.75) is 19.9 Å². The summed E-state index contributed by atoms with van der Waals surface area (Å²) >= 11 is 0. The number of aryl methyl sites for hydroxylation is 1. The minimum atomic E-state index is -0.0938. The van der Waals surface area contributed by atoms with Crippen LogP contribution in [0.15, 0.2) is 36.7 Å². The molecule has 0 atom stereocenters. The number of carbonyl (C=O) groups is 1. The number of aromatic nitrogens is 2. The summed E-state index contributed by atoms with van der Waals surface area (Å²) in [5, 5.41) is 4.15. The van der Waals surface area contributed by atoms with Crippen LogP contribution in [0.4, 0.5) is 5.69 Å². The summed E-state index contributed by atoms with van der Waals surface area (Å²) in [5.74, 6) is -0.0938. The fourth-order valence-electron chi connectivity index (χ4n) is 3.42. The Kier molecular flexibility index (Phi) is 3.58. The molecule has 1 aliphatic rings. The average molecular weight is 320 g/mol. The predicted molar refractivity (Wildman–Crippen MR) is 95.3 cm³/mol. The zero-order chi connectivity index (χ0) is 16.7. The normalized spacial score (nSPS) is 14.6. The average Bonchev–Trinajstić information content (AvgIpc) is 2.95. The van der Waals surface area contributed by atoms with Gasteiger partial charge in [0.15, 0.2) is 0 Å². The minimum Gasteiger partial charge on any atom is -0.357 e. The number of aromatic amines is 1. The molecular formula is C19H20N4O. The van der Waals surface area contributed by atoms with Gasteiger partial charge >= 0.3 is 0 Å². The van der Waals surface area contributed by atoms with Crippen LogP contribution in [-0.4, -0.2) is 34.4 Å². The highest BCUT2D eigenvalue weighted by Crippen LogP contribution is 2.25. The summed E-state index contributed by atoms with van der Waals surface area (Å²) in [5.41, 5.74) is 5.78. The second kappa shape index (κ2) is 5.76. The molecule has 5 nitrogen and oxygen atoms in total. The molecule has 1 aliphatic heterocycles. The number of H-pyrrole nitrogens is 1. The highest BCUT2D eigenvalue weighted by atomic mass is 16.1. The molecule has 0 saturated heterocycles. The number of carbonyl (C=O) groups excluding carboxylic acids is 1. The van der Waals surface area contributed by atoms with Crippen molar-refractivity contribution in [1.82, 2.24) is 14.9 Å². The zero-order valence-electron chi connectivity index (χ0n) is 13.9. The Morgan fingerprint density at radius 2 is 2.21 bits per heavy atom. The summed E-state index contributed by atoms with van der Waals surface area (Å²) in [6.45, 7) is 3.82. The van der Waals surface area contributed by atoms with Gasteiger partial charge < -0.3 is 15.2 Å². The van der Waals surface area contributed by atoms with Crippen molar-refractivity contribution in [3.05, 3.63) is 59.0 Å². The van der Waals surface area contributed by atoms with E-state index in [9.17, 15) is 4.79 Å². The first-order chi connectivity index (χ1) is 11.6. The number of nitrogens with zero attached hydrogens (tertiary/aromatic N) is 2. The van der Waals surface area contributed by atoms with Crippen LogP contribution in [0.3, 0.4) is 0 Å². The van der Waals surface area contributed by atoms with Crippen LogP contribution in [0, 0.1) is 6.92 Å². The van der Waals surface area contributed by atoms with Crippen molar-refractivity contribution < 1.29 is 4.79 Å². The molecule has 0 radical (unpaired) electrons. The van der Waals surface area contributed by atoms with Gasteiger partial charge in [-0.05, 0) is 43.7 Å². The maximum atomic E-state index is 12.8. The number of rotatable bonds is 2. The van der Waals surface area contributed by atoms with Crippen LogP contribution in [0.2, 0.25) is 0 Å². The van der Waals surface area contributed by atoms with Crippen molar-refractivity contribution in [1.29, 1.82) is 0 Å². The Balaban J connectivity index is 1.68. The maximum Gasteiger partial charge on any atom is 0.257 e. The van der Waals surface area contributed by atoms with Gasteiger partial charge in [-0.15, -0.1) is 0 Å². The lowest BCUT2D eigenvalue weighted by Crippen LogP contribution is -2.29. The van der Waals surface area contributed by atoms with Gasteiger partial charge in [0.25, 0.3) is 5.91 Å². The highest BCUT2D eigenvalue weighted by molar-refractivity contribution is 6.09. The molecule has 0 bridgehead atoms. The number of fused-ring (bicyclic) bond motifs is 2. The molecule has 2 aromatic heterocycles. The SMILES string of the molecule is Cc1cc2cccc(NC(=O)c3cncc4c3CCN(C)C4)c2[nH]1. The van der Waals surface area contributed by atoms with E-state index in [1.54, 1.807) is 6.20 Å². The number of para-hydroxylation sites is 1. The predicted octanol–water partition coefficient (Wildman–Crippen LogP) is 3.11. The van der Waals surface area contributed by atoms with Crippen LogP contribution in [0.1, 0.15) is 27.2 Å².